The summed E-state index contributed by atoms with van der Waals surface area (Å²) in [6, 6.07) is 4.54. The summed E-state index contributed by atoms with van der Waals surface area (Å²) in [6.07, 6.45) is 0.417. The molecule has 0 spiro atoms. The Balaban J connectivity index is 1.51. The maximum absolute atomic E-state index is 13.5. The fourth-order valence-electron chi connectivity index (χ4n) is 5.25. The summed E-state index contributed by atoms with van der Waals surface area (Å²) in [5, 5.41) is 13.7. The Hall–Kier alpha value is -3.33. The van der Waals surface area contributed by atoms with E-state index in [-0.39, 0.29) is 32.0 Å². The number of carboxylic acids is 1. The SMILES string of the molecule is CC1(N(CC(=O)O)Cc2ccc(C(F)(F)F)cc2N2CCCC2)CCN(C(=O)n2ccc(NS(C)(=O)=O)n2)CC1. The van der Waals surface area contributed by atoms with E-state index in [1.165, 1.54) is 18.3 Å². The van der Waals surface area contributed by atoms with Crippen molar-refractivity contribution in [2.75, 3.05) is 48.6 Å². The number of hydrogen-bond acceptors (Lipinski definition) is 7. The van der Waals surface area contributed by atoms with Gasteiger partial charge < -0.3 is 14.9 Å². The van der Waals surface area contributed by atoms with Crippen LogP contribution in [0.3, 0.4) is 0 Å². The predicted molar refractivity (Wildman–Crippen MR) is 142 cm³/mol. The van der Waals surface area contributed by atoms with Crippen molar-refractivity contribution in [1.29, 1.82) is 0 Å². The second-order valence-electron chi connectivity index (χ2n) is 10.6. The van der Waals surface area contributed by atoms with Gasteiger partial charge in [-0.05, 0) is 50.3 Å². The zero-order valence-corrected chi connectivity index (χ0v) is 23.1. The molecule has 2 aliphatic rings. The average Bonchev–Trinajstić information content (AvgIpc) is 3.54. The Morgan fingerprint density at radius 3 is 2.35 bits per heavy atom. The number of aromatic nitrogens is 2. The van der Waals surface area contributed by atoms with Gasteiger partial charge in [0.25, 0.3) is 0 Å². The van der Waals surface area contributed by atoms with E-state index in [1.54, 1.807) is 9.80 Å². The number of alkyl halides is 3. The summed E-state index contributed by atoms with van der Waals surface area (Å²) in [5.41, 5.74) is -0.295. The maximum atomic E-state index is 13.5. The Kier molecular flexibility index (Phi) is 8.36. The molecule has 0 radical (unpaired) electrons. The van der Waals surface area contributed by atoms with E-state index in [2.05, 4.69) is 9.82 Å². The number of likely N-dealkylation sites (tertiary alicyclic amines) is 1. The number of piperidine rings is 1. The lowest BCUT2D eigenvalue weighted by Crippen LogP contribution is -2.56. The van der Waals surface area contributed by atoms with Crippen LogP contribution in [0.25, 0.3) is 0 Å². The normalized spacial score (nSPS) is 17.9. The first-order valence-corrected chi connectivity index (χ1v) is 14.8. The Bertz CT molecular complexity index is 1350. The topological polar surface area (TPSA) is 128 Å². The minimum Gasteiger partial charge on any atom is -0.480 e. The molecule has 0 saturated carbocycles. The van der Waals surface area contributed by atoms with Crippen LogP contribution >= 0.6 is 0 Å². The molecule has 0 bridgehead atoms. The van der Waals surface area contributed by atoms with E-state index in [0.29, 0.717) is 37.2 Å². The number of rotatable bonds is 8. The van der Waals surface area contributed by atoms with Crippen molar-refractivity contribution in [2.45, 2.75) is 50.9 Å². The minimum absolute atomic E-state index is 0.00989. The Labute approximate surface area is 230 Å². The van der Waals surface area contributed by atoms with E-state index in [4.69, 9.17) is 0 Å². The van der Waals surface area contributed by atoms with Crippen LogP contribution < -0.4 is 9.62 Å². The van der Waals surface area contributed by atoms with E-state index in [9.17, 15) is 36.3 Å². The number of aliphatic carboxylic acids is 1. The quantitative estimate of drug-likeness (QED) is 0.483. The van der Waals surface area contributed by atoms with Crippen LogP contribution in [0.4, 0.5) is 29.5 Å². The number of carboxylic acid groups (broad SMARTS) is 1. The molecule has 1 aromatic heterocycles. The Morgan fingerprint density at radius 2 is 1.77 bits per heavy atom. The second-order valence-corrected chi connectivity index (χ2v) is 12.3. The highest BCUT2D eigenvalue weighted by molar-refractivity contribution is 7.92. The largest absolute Gasteiger partial charge is 0.480 e. The van der Waals surface area contributed by atoms with Crippen molar-refractivity contribution in [3.63, 3.8) is 0 Å². The lowest BCUT2D eigenvalue weighted by Gasteiger charge is -2.46. The highest BCUT2D eigenvalue weighted by Gasteiger charge is 2.39. The molecule has 2 saturated heterocycles. The average molecular weight is 587 g/mol. The zero-order chi connectivity index (χ0) is 29.3. The number of halogens is 3. The third kappa shape index (κ3) is 7.05. The summed E-state index contributed by atoms with van der Waals surface area (Å²) in [4.78, 5) is 30.1. The molecule has 2 N–H and O–H groups in total. The third-order valence-corrected chi connectivity index (χ3v) is 8.08. The Morgan fingerprint density at radius 1 is 1.12 bits per heavy atom. The van der Waals surface area contributed by atoms with Crippen molar-refractivity contribution >= 4 is 33.5 Å². The van der Waals surface area contributed by atoms with Crippen molar-refractivity contribution in [1.82, 2.24) is 19.6 Å². The molecule has 1 aromatic carbocycles. The molecule has 40 heavy (non-hydrogen) atoms. The van der Waals surface area contributed by atoms with Crippen LogP contribution in [0, 0.1) is 0 Å². The van der Waals surface area contributed by atoms with Crippen LogP contribution in [0.5, 0.6) is 0 Å². The maximum Gasteiger partial charge on any atom is 0.416 e. The van der Waals surface area contributed by atoms with Gasteiger partial charge in [0.05, 0.1) is 18.4 Å². The second kappa shape index (κ2) is 11.3. The number of benzene rings is 1. The number of anilines is 2. The summed E-state index contributed by atoms with van der Waals surface area (Å²) in [6.45, 7) is 3.57. The fraction of sp³-hybridized carbons (Fsp3) is 0.560. The predicted octanol–water partition coefficient (Wildman–Crippen LogP) is 3.28. The highest BCUT2D eigenvalue weighted by Crippen LogP contribution is 2.37. The summed E-state index contributed by atoms with van der Waals surface area (Å²) in [5.74, 6) is -1.05. The molecule has 0 atom stereocenters. The van der Waals surface area contributed by atoms with Gasteiger partial charge in [0.15, 0.2) is 5.82 Å². The summed E-state index contributed by atoms with van der Waals surface area (Å²) >= 11 is 0. The minimum atomic E-state index is -4.49. The number of sulfonamides is 1. The van der Waals surface area contributed by atoms with Crippen LogP contribution in [-0.4, -0.2) is 89.6 Å². The molecule has 1 amide bonds. The molecular formula is C25H33F3N6O5S. The number of nitrogens with one attached hydrogen (secondary N) is 1. The van der Waals surface area contributed by atoms with E-state index in [1.807, 2.05) is 11.8 Å². The van der Waals surface area contributed by atoms with Gasteiger partial charge in [0.2, 0.25) is 10.0 Å². The molecule has 3 heterocycles. The van der Waals surface area contributed by atoms with Gasteiger partial charge in [-0.25, -0.2) is 13.2 Å². The smallest absolute Gasteiger partial charge is 0.416 e. The van der Waals surface area contributed by atoms with Crippen molar-refractivity contribution in [2.24, 2.45) is 0 Å². The van der Waals surface area contributed by atoms with E-state index >= 15 is 0 Å². The summed E-state index contributed by atoms with van der Waals surface area (Å²) in [7, 11) is -3.56. The van der Waals surface area contributed by atoms with Gasteiger partial charge in [-0.2, -0.15) is 17.9 Å². The van der Waals surface area contributed by atoms with Gasteiger partial charge in [-0.3, -0.25) is 14.4 Å². The molecule has 0 unspecified atom stereocenters. The highest BCUT2D eigenvalue weighted by atomic mass is 32.2. The van der Waals surface area contributed by atoms with E-state index in [0.717, 1.165) is 35.9 Å². The lowest BCUT2D eigenvalue weighted by atomic mass is 9.87. The van der Waals surface area contributed by atoms with E-state index < -0.39 is 39.3 Å². The number of amides is 1. The van der Waals surface area contributed by atoms with Gasteiger partial charge in [-0.1, -0.05) is 6.07 Å². The van der Waals surface area contributed by atoms with Crippen LogP contribution in [0.1, 0.15) is 43.7 Å². The first kappa shape index (κ1) is 29.6. The van der Waals surface area contributed by atoms with Crippen molar-refractivity contribution in [3.8, 4) is 0 Å². The van der Waals surface area contributed by atoms with Crippen LogP contribution in [-0.2, 0) is 27.5 Å². The lowest BCUT2D eigenvalue weighted by molar-refractivity contribution is -0.141. The number of carbonyl (C=O) groups excluding carboxylic acids is 1. The molecule has 11 nitrogen and oxygen atoms in total. The molecule has 4 rings (SSSR count). The van der Waals surface area contributed by atoms with Crippen molar-refractivity contribution in [3.05, 3.63) is 41.6 Å². The third-order valence-electron chi connectivity index (χ3n) is 7.50. The molecule has 220 valence electrons. The standard InChI is InChI=1S/C25H33F3N6O5S/c1-24(8-13-32(14-9-24)23(37)34-12-7-21(29-34)30-40(2,38)39)33(17-22(35)36)16-18-5-6-19(25(26,27)28)15-20(18)31-10-3-4-11-31/h5-7,12,15H,3-4,8-11,13-14,16-17H2,1-2H3,(H,29,30)(H,35,36). The summed E-state index contributed by atoms with van der Waals surface area (Å²) < 4.78 is 66.6. The number of nitrogens with zero attached hydrogens (tertiary/aromatic N) is 5. The first-order chi connectivity index (χ1) is 18.6. The molecule has 2 aromatic rings. The van der Waals surface area contributed by atoms with Gasteiger partial charge in [0, 0.05) is 56.2 Å². The molecular weight excluding hydrogens is 553 g/mol. The van der Waals surface area contributed by atoms with Gasteiger partial charge >= 0.3 is 18.2 Å². The first-order valence-electron chi connectivity index (χ1n) is 12.9. The van der Waals surface area contributed by atoms with Crippen LogP contribution in [0.2, 0.25) is 0 Å². The molecule has 2 fully saturated rings. The molecule has 2 aliphatic heterocycles. The molecule has 0 aliphatic carbocycles. The number of hydrogen-bond donors (Lipinski definition) is 2. The fourth-order valence-corrected chi connectivity index (χ4v) is 5.74. The monoisotopic (exact) mass is 586 g/mol. The molecule has 15 heteroatoms. The number of carbonyl (C=O) groups is 2. The van der Waals surface area contributed by atoms with Gasteiger partial charge in [0.1, 0.15) is 0 Å². The van der Waals surface area contributed by atoms with Crippen molar-refractivity contribution < 1.29 is 36.3 Å². The van der Waals surface area contributed by atoms with Crippen LogP contribution in [0.15, 0.2) is 30.5 Å². The zero-order valence-electron chi connectivity index (χ0n) is 22.3. The van der Waals surface area contributed by atoms with Gasteiger partial charge in [-0.15, -0.1) is 5.10 Å².